The van der Waals surface area contributed by atoms with Crippen LogP contribution in [-0.4, -0.2) is 70.0 Å². The highest BCUT2D eigenvalue weighted by atomic mass is 32.2. The van der Waals surface area contributed by atoms with E-state index in [9.17, 15) is 28.7 Å². The standard InChI is InChI=1S/C27H26FN3O5S2/c28-19-10-8-18(9-11-19)27(36)30-12-13-31(24(32)17-38-20-5-2-1-3-6-20)22(16-30)26(35)29-21(15-25(33)34)23-7-4-14-37-23/h1-11,14,21-22H,12-13,15-17H2,(H,29,35)(H,33,34). The van der Waals surface area contributed by atoms with Gasteiger partial charge in [-0.25, -0.2) is 4.39 Å². The van der Waals surface area contributed by atoms with E-state index in [1.54, 1.807) is 17.5 Å². The first kappa shape index (κ1) is 27.3. The second kappa shape index (κ2) is 12.7. The Kier molecular flexibility index (Phi) is 9.14. The molecule has 8 nitrogen and oxygen atoms in total. The third kappa shape index (κ3) is 6.99. The number of rotatable bonds is 9. The lowest BCUT2D eigenvalue weighted by Crippen LogP contribution is -2.62. The van der Waals surface area contributed by atoms with Crippen molar-refractivity contribution < 1.29 is 28.7 Å². The SMILES string of the molecule is O=C(O)CC(NC(=O)C1CN(C(=O)c2ccc(F)cc2)CCN1C(=O)CSc1ccccc1)c1cccs1. The molecule has 38 heavy (non-hydrogen) atoms. The summed E-state index contributed by atoms with van der Waals surface area (Å²) in [6.07, 6.45) is -0.324. The van der Waals surface area contributed by atoms with Gasteiger partial charge in [0.05, 0.1) is 24.8 Å². The van der Waals surface area contributed by atoms with Crippen LogP contribution in [0.25, 0.3) is 0 Å². The lowest BCUT2D eigenvalue weighted by molar-refractivity contribution is -0.142. The zero-order valence-corrected chi connectivity index (χ0v) is 21.9. The van der Waals surface area contributed by atoms with Gasteiger partial charge >= 0.3 is 5.97 Å². The van der Waals surface area contributed by atoms with Crippen LogP contribution < -0.4 is 5.32 Å². The van der Waals surface area contributed by atoms with Gasteiger partial charge in [-0.05, 0) is 47.8 Å². The molecule has 0 spiro atoms. The number of halogens is 1. The maximum atomic E-state index is 13.5. The topological polar surface area (TPSA) is 107 Å². The number of amides is 3. The summed E-state index contributed by atoms with van der Waals surface area (Å²) in [5.41, 5.74) is 0.271. The summed E-state index contributed by atoms with van der Waals surface area (Å²) in [7, 11) is 0. The molecule has 0 radical (unpaired) electrons. The number of thioether (sulfide) groups is 1. The molecule has 1 aromatic heterocycles. The highest BCUT2D eigenvalue weighted by Crippen LogP contribution is 2.24. The van der Waals surface area contributed by atoms with Crippen LogP contribution in [0.5, 0.6) is 0 Å². The minimum Gasteiger partial charge on any atom is -0.481 e. The Balaban J connectivity index is 1.53. The molecule has 1 aliphatic rings. The number of benzene rings is 2. The van der Waals surface area contributed by atoms with Gasteiger partial charge in [0.15, 0.2) is 0 Å². The first-order valence-electron chi connectivity index (χ1n) is 11.9. The Labute approximate surface area is 227 Å². The molecule has 0 bridgehead atoms. The molecule has 2 N–H and O–H groups in total. The third-order valence-corrected chi connectivity index (χ3v) is 8.05. The monoisotopic (exact) mass is 555 g/mol. The molecular weight excluding hydrogens is 529 g/mol. The second-order valence-electron chi connectivity index (χ2n) is 8.64. The van der Waals surface area contributed by atoms with Crippen LogP contribution in [0.4, 0.5) is 4.39 Å². The molecule has 2 unspecified atom stereocenters. The van der Waals surface area contributed by atoms with Crippen molar-refractivity contribution in [2.45, 2.75) is 23.4 Å². The molecule has 2 aromatic carbocycles. The van der Waals surface area contributed by atoms with Crippen LogP contribution >= 0.6 is 23.1 Å². The number of carbonyl (C=O) groups is 4. The van der Waals surface area contributed by atoms with Gasteiger partial charge in [0, 0.05) is 28.4 Å². The van der Waals surface area contributed by atoms with Gasteiger partial charge in [-0.15, -0.1) is 23.1 Å². The van der Waals surface area contributed by atoms with E-state index >= 15 is 0 Å². The van der Waals surface area contributed by atoms with E-state index in [0.29, 0.717) is 4.88 Å². The Morgan fingerprint density at radius 1 is 1.03 bits per heavy atom. The van der Waals surface area contributed by atoms with E-state index in [0.717, 1.165) is 4.90 Å². The molecule has 1 fully saturated rings. The van der Waals surface area contributed by atoms with Crippen LogP contribution in [0.3, 0.4) is 0 Å². The third-order valence-electron chi connectivity index (χ3n) is 6.07. The fraction of sp³-hybridized carbons (Fsp3) is 0.259. The largest absolute Gasteiger partial charge is 0.481 e. The van der Waals surface area contributed by atoms with Gasteiger partial charge in [-0.2, -0.15) is 0 Å². The average Bonchev–Trinajstić information content (AvgIpc) is 3.46. The van der Waals surface area contributed by atoms with Crippen molar-refractivity contribution in [1.82, 2.24) is 15.1 Å². The zero-order chi connectivity index (χ0) is 27.1. The number of carboxylic acid groups (broad SMARTS) is 1. The lowest BCUT2D eigenvalue weighted by atomic mass is 10.1. The molecular formula is C27H26FN3O5S2. The number of nitrogens with one attached hydrogen (secondary N) is 1. The number of carboxylic acids is 1. The van der Waals surface area contributed by atoms with Crippen LogP contribution in [0, 0.1) is 5.82 Å². The summed E-state index contributed by atoms with van der Waals surface area (Å²) in [6.45, 7) is 0.251. The molecule has 11 heteroatoms. The zero-order valence-electron chi connectivity index (χ0n) is 20.3. The predicted molar refractivity (Wildman–Crippen MR) is 142 cm³/mol. The molecule has 0 saturated carbocycles. The maximum absolute atomic E-state index is 13.5. The van der Waals surface area contributed by atoms with Crippen molar-refractivity contribution in [3.63, 3.8) is 0 Å². The van der Waals surface area contributed by atoms with Crippen LogP contribution in [0.15, 0.2) is 77.0 Å². The van der Waals surface area contributed by atoms with Gasteiger partial charge in [0.1, 0.15) is 11.9 Å². The van der Waals surface area contributed by atoms with Crippen molar-refractivity contribution in [1.29, 1.82) is 0 Å². The molecule has 4 rings (SSSR count). The highest BCUT2D eigenvalue weighted by Gasteiger charge is 2.38. The fourth-order valence-electron chi connectivity index (χ4n) is 4.16. The van der Waals surface area contributed by atoms with E-state index in [-0.39, 0.29) is 49.2 Å². The van der Waals surface area contributed by atoms with Gasteiger partial charge in [0.2, 0.25) is 11.8 Å². The smallest absolute Gasteiger partial charge is 0.305 e. The van der Waals surface area contributed by atoms with E-state index in [1.807, 2.05) is 30.3 Å². The Bertz CT molecular complexity index is 1270. The first-order chi connectivity index (χ1) is 18.3. The number of hydrogen-bond acceptors (Lipinski definition) is 6. The number of carbonyl (C=O) groups excluding carboxylic acids is 3. The number of nitrogens with zero attached hydrogens (tertiary/aromatic N) is 2. The van der Waals surface area contributed by atoms with Crippen molar-refractivity contribution in [2.24, 2.45) is 0 Å². The van der Waals surface area contributed by atoms with Crippen molar-refractivity contribution in [3.8, 4) is 0 Å². The highest BCUT2D eigenvalue weighted by molar-refractivity contribution is 8.00. The molecule has 1 saturated heterocycles. The minimum atomic E-state index is -1.08. The van der Waals surface area contributed by atoms with Crippen LogP contribution in [0.2, 0.25) is 0 Å². The molecule has 0 aliphatic carbocycles. The van der Waals surface area contributed by atoms with Crippen molar-refractivity contribution in [3.05, 3.63) is 88.4 Å². The number of aliphatic carboxylic acids is 1. The molecule has 2 atom stereocenters. The van der Waals surface area contributed by atoms with E-state index in [2.05, 4.69) is 5.32 Å². The normalized spacial score (nSPS) is 16.1. The predicted octanol–water partition coefficient (Wildman–Crippen LogP) is 3.66. The van der Waals surface area contributed by atoms with Gasteiger partial charge in [-0.3, -0.25) is 19.2 Å². The summed E-state index contributed by atoms with van der Waals surface area (Å²) in [4.78, 5) is 55.9. The van der Waals surface area contributed by atoms with E-state index in [1.165, 1.54) is 57.2 Å². The molecule has 3 aromatic rings. The van der Waals surface area contributed by atoms with Crippen molar-refractivity contribution >= 4 is 46.8 Å². The number of thiophene rings is 1. The summed E-state index contributed by atoms with van der Waals surface area (Å²) in [5, 5.41) is 14.0. The Morgan fingerprint density at radius 2 is 1.76 bits per heavy atom. The molecule has 2 heterocycles. The van der Waals surface area contributed by atoms with E-state index in [4.69, 9.17) is 0 Å². The summed E-state index contributed by atoms with van der Waals surface area (Å²) >= 11 is 2.67. The first-order valence-corrected chi connectivity index (χ1v) is 13.8. The molecule has 1 aliphatic heterocycles. The number of piperazine rings is 1. The van der Waals surface area contributed by atoms with E-state index < -0.39 is 29.8 Å². The second-order valence-corrected chi connectivity index (χ2v) is 10.7. The number of hydrogen-bond donors (Lipinski definition) is 2. The summed E-state index contributed by atoms with van der Waals surface area (Å²) < 4.78 is 13.4. The Hall–Kier alpha value is -3.70. The minimum absolute atomic E-state index is 0.0754. The Morgan fingerprint density at radius 3 is 2.42 bits per heavy atom. The van der Waals surface area contributed by atoms with Gasteiger partial charge in [-0.1, -0.05) is 24.3 Å². The van der Waals surface area contributed by atoms with Gasteiger partial charge in [0.25, 0.3) is 5.91 Å². The lowest BCUT2D eigenvalue weighted by Gasteiger charge is -2.41. The summed E-state index contributed by atoms with van der Waals surface area (Å²) in [6, 6.07) is 16.2. The van der Waals surface area contributed by atoms with Gasteiger partial charge < -0.3 is 20.2 Å². The molecule has 198 valence electrons. The summed E-state index contributed by atoms with van der Waals surface area (Å²) in [5.74, 6) is -2.63. The van der Waals surface area contributed by atoms with Crippen LogP contribution in [-0.2, 0) is 14.4 Å². The van der Waals surface area contributed by atoms with Crippen molar-refractivity contribution in [2.75, 3.05) is 25.4 Å². The van der Waals surface area contributed by atoms with Crippen LogP contribution in [0.1, 0.15) is 27.7 Å². The molecule has 3 amide bonds. The quantitative estimate of drug-likeness (QED) is 0.391. The average molecular weight is 556 g/mol. The maximum Gasteiger partial charge on any atom is 0.305 e. The fourth-order valence-corrected chi connectivity index (χ4v) is 5.75.